The molecule has 4 nitrogen and oxygen atoms in total. The Morgan fingerprint density at radius 2 is 1.94 bits per heavy atom. The van der Waals surface area contributed by atoms with Crippen molar-refractivity contribution in [2.45, 2.75) is 44.3 Å². The number of amides is 1. The molecule has 1 aliphatic heterocycles. The SMILES string of the molecule is Cc1ccc(OCCC2CNC[C@H](F)C2)cc1C(=O)NC1(c2cccc3ccccc23)CC1. The number of aryl methyl sites for hydroxylation is 1. The zero-order valence-electron chi connectivity index (χ0n) is 19.1. The molecule has 5 rings (SSSR count). The number of carbonyl (C=O) groups excluding carboxylic acids is 1. The number of hydrogen-bond acceptors (Lipinski definition) is 3. The average Bonchev–Trinajstić information content (AvgIpc) is 3.60. The maximum atomic E-state index is 13.6. The standard InChI is InChI=1S/C28H31FN2O2/c1-19-9-10-23(33-14-11-20-15-22(29)18-30-17-20)16-25(19)27(32)31-28(12-13-28)26-8-4-6-21-5-2-3-7-24(21)26/h2-10,16,20,22,30H,11-15,17-18H2,1H3,(H,31,32)/t20?,22-/m1/s1. The van der Waals surface area contributed by atoms with Crippen molar-refractivity contribution in [2.24, 2.45) is 5.92 Å². The summed E-state index contributed by atoms with van der Waals surface area (Å²) in [5.74, 6) is 0.902. The molecule has 2 atom stereocenters. The lowest BCUT2D eigenvalue weighted by atomic mass is 9.95. The minimum absolute atomic E-state index is 0.0693. The third-order valence-corrected chi connectivity index (χ3v) is 7.04. The Kier molecular flexibility index (Phi) is 6.07. The van der Waals surface area contributed by atoms with E-state index in [-0.39, 0.29) is 17.4 Å². The molecular weight excluding hydrogens is 415 g/mol. The summed E-state index contributed by atoms with van der Waals surface area (Å²) in [4.78, 5) is 13.3. The number of ether oxygens (including phenoxy) is 1. The van der Waals surface area contributed by atoms with Gasteiger partial charge in [0.1, 0.15) is 11.9 Å². The van der Waals surface area contributed by atoms with Crippen LogP contribution >= 0.6 is 0 Å². The van der Waals surface area contributed by atoms with Crippen molar-refractivity contribution in [3.8, 4) is 5.75 Å². The molecule has 1 aliphatic carbocycles. The molecule has 2 fully saturated rings. The highest BCUT2D eigenvalue weighted by molar-refractivity contribution is 5.97. The molecule has 172 valence electrons. The first-order chi connectivity index (χ1) is 16.0. The van der Waals surface area contributed by atoms with E-state index in [1.807, 2.05) is 37.3 Å². The van der Waals surface area contributed by atoms with Crippen molar-refractivity contribution in [1.82, 2.24) is 10.6 Å². The van der Waals surface area contributed by atoms with Gasteiger partial charge in [-0.3, -0.25) is 4.79 Å². The summed E-state index contributed by atoms with van der Waals surface area (Å²) in [6.45, 7) is 3.75. The second kappa shape index (κ2) is 9.14. The lowest BCUT2D eigenvalue weighted by Crippen LogP contribution is -2.37. The molecule has 1 saturated carbocycles. The molecular formula is C28H31FN2O2. The zero-order valence-corrected chi connectivity index (χ0v) is 19.1. The van der Waals surface area contributed by atoms with Gasteiger partial charge in [0.2, 0.25) is 0 Å². The molecule has 1 heterocycles. The summed E-state index contributed by atoms with van der Waals surface area (Å²) < 4.78 is 19.5. The maximum absolute atomic E-state index is 13.6. The van der Waals surface area contributed by atoms with Gasteiger partial charge in [-0.1, -0.05) is 48.5 Å². The van der Waals surface area contributed by atoms with Crippen LogP contribution in [0.1, 0.15) is 47.2 Å². The van der Waals surface area contributed by atoms with Gasteiger partial charge < -0.3 is 15.4 Å². The molecule has 1 saturated heterocycles. The van der Waals surface area contributed by atoms with Crippen LogP contribution < -0.4 is 15.4 Å². The minimum atomic E-state index is -0.769. The number of benzene rings is 3. The van der Waals surface area contributed by atoms with E-state index in [2.05, 4.69) is 41.0 Å². The van der Waals surface area contributed by atoms with Gasteiger partial charge in [0.15, 0.2) is 0 Å². The highest BCUT2D eigenvalue weighted by Crippen LogP contribution is 2.48. The average molecular weight is 447 g/mol. The largest absolute Gasteiger partial charge is 0.494 e. The summed E-state index contributed by atoms with van der Waals surface area (Å²) in [5.41, 5.74) is 2.44. The first-order valence-corrected chi connectivity index (χ1v) is 11.9. The van der Waals surface area contributed by atoms with Crippen LogP contribution in [0.3, 0.4) is 0 Å². The molecule has 0 aromatic heterocycles. The zero-order chi connectivity index (χ0) is 22.8. The topological polar surface area (TPSA) is 50.4 Å². The lowest BCUT2D eigenvalue weighted by molar-refractivity contribution is 0.0930. The van der Waals surface area contributed by atoms with Crippen molar-refractivity contribution in [1.29, 1.82) is 0 Å². The Balaban J connectivity index is 1.28. The van der Waals surface area contributed by atoms with Gasteiger partial charge in [0.05, 0.1) is 12.1 Å². The Labute approximate surface area is 194 Å². The normalized spacial score (nSPS) is 21.5. The van der Waals surface area contributed by atoms with Crippen molar-refractivity contribution in [3.05, 3.63) is 77.4 Å². The van der Waals surface area contributed by atoms with Crippen LogP contribution in [0.5, 0.6) is 5.75 Å². The predicted octanol–water partition coefficient (Wildman–Crippen LogP) is 5.28. The van der Waals surface area contributed by atoms with Crippen LogP contribution in [0.25, 0.3) is 10.8 Å². The summed E-state index contributed by atoms with van der Waals surface area (Å²) in [7, 11) is 0. The third-order valence-electron chi connectivity index (χ3n) is 7.04. The summed E-state index contributed by atoms with van der Waals surface area (Å²) >= 11 is 0. The highest BCUT2D eigenvalue weighted by Gasteiger charge is 2.46. The predicted molar refractivity (Wildman–Crippen MR) is 129 cm³/mol. The number of rotatable bonds is 7. The first-order valence-electron chi connectivity index (χ1n) is 11.9. The Hall–Kier alpha value is -2.92. The number of nitrogens with one attached hydrogen (secondary N) is 2. The number of fused-ring (bicyclic) bond motifs is 1. The van der Waals surface area contributed by atoms with Crippen LogP contribution in [0.4, 0.5) is 4.39 Å². The summed E-state index contributed by atoms with van der Waals surface area (Å²) in [6, 6.07) is 20.3. The molecule has 1 amide bonds. The number of piperidine rings is 1. The monoisotopic (exact) mass is 446 g/mol. The van der Waals surface area contributed by atoms with E-state index in [4.69, 9.17) is 4.74 Å². The van der Waals surface area contributed by atoms with Gasteiger partial charge in [0.25, 0.3) is 5.91 Å². The molecule has 3 aromatic carbocycles. The van der Waals surface area contributed by atoms with Crippen LogP contribution in [0.2, 0.25) is 0 Å². The van der Waals surface area contributed by atoms with Crippen molar-refractivity contribution in [3.63, 3.8) is 0 Å². The summed E-state index contributed by atoms with van der Waals surface area (Å²) in [6.07, 6.45) is 2.50. The minimum Gasteiger partial charge on any atom is -0.494 e. The quantitative estimate of drug-likeness (QED) is 0.519. The van der Waals surface area contributed by atoms with E-state index in [9.17, 15) is 9.18 Å². The van der Waals surface area contributed by atoms with Gasteiger partial charge in [-0.05, 0) is 79.1 Å². The van der Waals surface area contributed by atoms with Crippen molar-refractivity contribution in [2.75, 3.05) is 19.7 Å². The van der Waals surface area contributed by atoms with Gasteiger partial charge >= 0.3 is 0 Å². The summed E-state index contributed by atoms with van der Waals surface area (Å²) in [5, 5.41) is 8.84. The van der Waals surface area contributed by atoms with E-state index in [0.717, 1.165) is 31.4 Å². The molecule has 2 aliphatic rings. The van der Waals surface area contributed by atoms with E-state index in [1.165, 1.54) is 16.3 Å². The Morgan fingerprint density at radius 3 is 2.76 bits per heavy atom. The smallest absolute Gasteiger partial charge is 0.252 e. The van der Waals surface area contributed by atoms with E-state index >= 15 is 0 Å². The van der Waals surface area contributed by atoms with Crippen LogP contribution in [0, 0.1) is 12.8 Å². The fourth-order valence-electron chi connectivity index (χ4n) is 4.99. The molecule has 2 N–H and O–H groups in total. The van der Waals surface area contributed by atoms with E-state index in [1.54, 1.807) is 0 Å². The maximum Gasteiger partial charge on any atom is 0.252 e. The van der Waals surface area contributed by atoms with Gasteiger partial charge in [-0.15, -0.1) is 0 Å². The van der Waals surface area contributed by atoms with E-state index < -0.39 is 6.17 Å². The molecule has 0 bridgehead atoms. The Bertz CT molecular complexity index is 1150. The van der Waals surface area contributed by atoms with Gasteiger partial charge in [-0.25, -0.2) is 4.39 Å². The first kappa shape index (κ1) is 21.9. The molecule has 0 radical (unpaired) electrons. The highest BCUT2D eigenvalue weighted by atomic mass is 19.1. The Morgan fingerprint density at radius 1 is 1.12 bits per heavy atom. The van der Waals surface area contributed by atoms with Gasteiger partial charge in [0, 0.05) is 12.1 Å². The molecule has 1 unspecified atom stereocenters. The van der Waals surface area contributed by atoms with Crippen LogP contribution in [-0.2, 0) is 5.54 Å². The fraction of sp³-hybridized carbons (Fsp3) is 0.393. The molecule has 3 aromatic rings. The molecule has 5 heteroatoms. The second-order valence-electron chi connectivity index (χ2n) is 9.53. The van der Waals surface area contributed by atoms with Crippen LogP contribution in [-0.4, -0.2) is 31.8 Å². The van der Waals surface area contributed by atoms with E-state index in [0.29, 0.717) is 30.9 Å². The molecule has 33 heavy (non-hydrogen) atoms. The van der Waals surface area contributed by atoms with Crippen molar-refractivity contribution >= 4 is 16.7 Å². The molecule has 0 spiro atoms. The number of carbonyl (C=O) groups is 1. The van der Waals surface area contributed by atoms with Gasteiger partial charge in [-0.2, -0.15) is 0 Å². The number of hydrogen-bond donors (Lipinski definition) is 2. The van der Waals surface area contributed by atoms with Crippen LogP contribution in [0.15, 0.2) is 60.7 Å². The lowest BCUT2D eigenvalue weighted by Gasteiger charge is -2.25. The fourth-order valence-corrected chi connectivity index (χ4v) is 4.99. The number of halogens is 1. The third kappa shape index (κ3) is 4.74. The number of alkyl halides is 1. The second-order valence-corrected chi connectivity index (χ2v) is 9.53. The van der Waals surface area contributed by atoms with Crippen molar-refractivity contribution < 1.29 is 13.9 Å².